The van der Waals surface area contributed by atoms with Crippen LogP contribution in [0.15, 0.2) is 35.7 Å². The summed E-state index contributed by atoms with van der Waals surface area (Å²) in [6.45, 7) is 3.71. The van der Waals surface area contributed by atoms with Gasteiger partial charge in [-0.3, -0.25) is 4.79 Å². The number of hydrogen-bond acceptors (Lipinski definition) is 7. The number of carbonyl (C=O) groups excluding carboxylic acids is 3. The van der Waals surface area contributed by atoms with Crippen LogP contribution in [0, 0.1) is 5.92 Å². The average Bonchev–Trinajstić information content (AvgIpc) is 3.14. The van der Waals surface area contributed by atoms with Gasteiger partial charge in [-0.25, -0.2) is 14.6 Å². The molecule has 7 nitrogen and oxygen atoms in total. The number of ether oxygens (including phenoxy) is 2. The van der Waals surface area contributed by atoms with Crippen LogP contribution in [0.25, 0.3) is 0 Å². The Morgan fingerprint density at radius 1 is 1.19 bits per heavy atom. The molecule has 1 atom stereocenters. The first-order valence-electron chi connectivity index (χ1n) is 7.97. The predicted molar refractivity (Wildman–Crippen MR) is 96.2 cm³/mol. The Morgan fingerprint density at radius 2 is 1.88 bits per heavy atom. The number of carbonyl (C=O) groups is 3. The Kier molecular flexibility index (Phi) is 6.85. The van der Waals surface area contributed by atoms with Crippen LogP contribution < -0.4 is 5.32 Å². The molecular weight excluding hydrogens is 356 g/mol. The summed E-state index contributed by atoms with van der Waals surface area (Å²) in [7, 11) is 1.24. The molecular formula is C18H20N2O5S. The average molecular weight is 376 g/mol. The molecule has 26 heavy (non-hydrogen) atoms. The van der Waals surface area contributed by atoms with E-state index in [1.54, 1.807) is 13.8 Å². The summed E-state index contributed by atoms with van der Waals surface area (Å²) >= 11 is 1.03. The third-order valence-corrected chi connectivity index (χ3v) is 4.40. The van der Waals surface area contributed by atoms with Crippen molar-refractivity contribution in [2.24, 2.45) is 5.92 Å². The van der Waals surface area contributed by atoms with Crippen LogP contribution in [0.5, 0.6) is 0 Å². The maximum absolute atomic E-state index is 12.6. The van der Waals surface area contributed by atoms with Gasteiger partial charge in [0, 0.05) is 5.38 Å². The van der Waals surface area contributed by atoms with Crippen molar-refractivity contribution in [2.75, 3.05) is 7.11 Å². The fourth-order valence-corrected chi connectivity index (χ4v) is 2.91. The van der Waals surface area contributed by atoms with Crippen LogP contribution in [-0.2, 0) is 16.1 Å². The van der Waals surface area contributed by atoms with E-state index in [4.69, 9.17) is 4.74 Å². The number of aromatic nitrogens is 1. The molecule has 0 spiro atoms. The van der Waals surface area contributed by atoms with Crippen LogP contribution >= 0.6 is 11.3 Å². The van der Waals surface area contributed by atoms with E-state index in [-0.39, 0.29) is 29.0 Å². The molecule has 0 aliphatic heterocycles. The Morgan fingerprint density at radius 3 is 2.50 bits per heavy atom. The first kappa shape index (κ1) is 19.6. The van der Waals surface area contributed by atoms with E-state index in [0.29, 0.717) is 0 Å². The molecule has 1 aromatic heterocycles. The number of nitrogens with one attached hydrogen (secondary N) is 1. The van der Waals surface area contributed by atoms with Crippen LogP contribution in [-0.4, -0.2) is 36.0 Å². The van der Waals surface area contributed by atoms with Gasteiger partial charge < -0.3 is 14.8 Å². The molecule has 2 aromatic rings. The first-order chi connectivity index (χ1) is 12.4. The van der Waals surface area contributed by atoms with Gasteiger partial charge >= 0.3 is 12.1 Å². The second kappa shape index (κ2) is 9.10. The van der Waals surface area contributed by atoms with Gasteiger partial charge in [0.25, 0.3) is 0 Å². The van der Waals surface area contributed by atoms with E-state index < -0.39 is 18.1 Å². The molecule has 0 aliphatic rings. The van der Waals surface area contributed by atoms with Crippen molar-refractivity contribution in [1.82, 2.24) is 10.3 Å². The summed E-state index contributed by atoms with van der Waals surface area (Å²) < 4.78 is 9.74. The zero-order valence-electron chi connectivity index (χ0n) is 14.7. The van der Waals surface area contributed by atoms with Gasteiger partial charge in [0.05, 0.1) is 7.11 Å². The number of methoxy groups -OCH3 is 1. The summed E-state index contributed by atoms with van der Waals surface area (Å²) in [4.78, 5) is 40.2. The number of esters is 1. The van der Waals surface area contributed by atoms with E-state index in [2.05, 4.69) is 15.0 Å². The topological polar surface area (TPSA) is 94.6 Å². The molecule has 0 radical (unpaired) electrons. The zero-order valence-corrected chi connectivity index (χ0v) is 15.5. The van der Waals surface area contributed by atoms with Gasteiger partial charge in [0.15, 0.2) is 10.7 Å². The molecule has 1 N–H and O–H groups in total. The quantitative estimate of drug-likeness (QED) is 0.589. The van der Waals surface area contributed by atoms with Gasteiger partial charge in [-0.05, 0) is 11.5 Å². The number of Topliss-reactive ketones (excluding diaryl/α,β-unsaturated/α-hetero) is 1. The second-order valence-corrected chi connectivity index (χ2v) is 6.68. The fraction of sp³-hybridized carbons (Fsp3) is 0.333. The van der Waals surface area contributed by atoms with Crippen molar-refractivity contribution in [1.29, 1.82) is 0 Å². The lowest BCUT2D eigenvalue weighted by Crippen LogP contribution is -2.44. The smallest absolute Gasteiger partial charge is 0.408 e. The second-order valence-electron chi connectivity index (χ2n) is 5.82. The molecule has 0 saturated carbocycles. The number of alkyl carbamates (subject to hydrolysis) is 1. The molecule has 2 rings (SSSR count). The van der Waals surface area contributed by atoms with Crippen molar-refractivity contribution in [3.63, 3.8) is 0 Å². The molecule has 0 fully saturated rings. The normalized spacial score (nSPS) is 11.7. The lowest BCUT2D eigenvalue weighted by atomic mass is 10.0. The van der Waals surface area contributed by atoms with Gasteiger partial charge in [0.1, 0.15) is 12.6 Å². The molecule has 1 aromatic carbocycles. The number of ketones is 1. The van der Waals surface area contributed by atoms with E-state index >= 15 is 0 Å². The highest BCUT2D eigenvalue weighted by atomic mass is 32.1. The molecule has 1 amide bonds. The van der Waals surface area contributed by atoms with Gasteiger partial charge in [-0.15, -0.1) is 11.3 Å². The molecule has 8 heteroatoms. The van der Waals surface area contributed by atoms with Crippen molar-refractivity contribution in [3.05, 3.63) is 52.0 Å². The Hall–Kier alpha value is -2.74. The van der Waals surface area contributed by atoms with Gasteiger partial charge in [-0.2, -0.15) is 0 Å². The SMILES string of the molecule is COC(=O)c1csc(C(=O)C(NC(=O)OCc2ccccc2)C(C)C)n1. The minimum Gasteiger partial charge on any atom is -0.464 e. The van der Waals surface area contributed by atoms with Crippen LogP contribution in [0.1, 0.15) is 39.7 Å². The van der Waals surface area contributed by atoms with E-state index in [0.717, 1.165) is 16.9 Å². The number of amides is 1. The molecule has 1 heterocycles. The molecule has 0 aliphatic carbocycles. The Bertz CT molecular complexity index is 773. The number of benzene rings is 1. The maximum Gasteiger partial charge on any atom is 0.408 e. The van der Waals surface area contributed by atoms with Crippen molar-refractivity contribution in [3.8, 4) is 0 Å². The third kappa shape index (κ3) is 5.13. The van der Waals surface area contributed by atoms with Crippen LogP contribution in [0.4, 0.5) is 4.79 Å². The standard InChI is InChI=1S/C18H20N2O5S/c1-11(2)14(15(21)16-19-13(10-26-16)17(22)24-3)20-18(23)25-9-12-7-5-4-6-8-12/h4-8,10-11,14H,9H2,1-3H3,(H,20,23). The summed E-state index contributed by atoms with van der Waals surface area (Å²) in [5.41, 5.74) is 0.910. The lowest BCUT2D eigenvalue weighted by Gasteiger charge is -2.19. The largest absolute Gasteiger partial charge is 0.464 e. The van der Waals surface area contributed by atoms with Crippen molar-refractivity contribution >= 4 is 29.2 Å². The summed E-state index contributed by atoms with van der Waals surface area (Å²) in [6.07, 6.45) is -0.689. The molecule has 0 saturated heterocycles. The maximum atomic E-state index is 12.6. The Labute approximate surface area is 155 Å². The highest BCUT2D eigenvalue weighted by Gasteiger charge is 2.28. The third-order valence-electron chi connectivity index (χ3n) is 3.54. The summed E-state index contributed by atoms with van der Waals surface area (Å²) in [6, 6.07) is 8.42. The fourth-order valence-electron chi connectivity index (χ4n) is 2.14. The molecule has 138 valence electrons. The lowest BCUT2D eigenvalue weighted by molar-refractivity contribution is 0.0594. The highest BCUT2D eigenvalue weighted by molar-refractivity contribution is 7.12. The van der Waals surface area contributed by atoms with Crippen molar-refractivity contribution < 1.29 is 23.9 Å². The van der Waals surface area contributed by atoms with Crippen LogP contribution in [0.3, 0.4) is 0 Å². The summed E-state index contributed by atoms with van der Waals surface area (Å²) in [5, 5.41) is 4.16. The van der Waals surface area contributed by atoms with Crippen LogP contribution in [0.2, 0.25) is 0 Å². The zero-order chi connectivity index (χ0) is 19.1. The summed E-state index contributed by atoms with van der Waals surface area (Å²) in [5.74, 6) is -1.18. The van der Waals surface area contributed by atoms with E-state index in [1.807, 2.05) is 30.3 Å². The van der Waals surface area contributed by atoms with E-state index in [9.17, 15) is 14.4 Å². The van der Waals surface area contributed by atoms with E-state index in [1.165, 1.54) is 12.5 Å². The number of rotatable bonds is 7. The minimum absolute atomic E-state index is 0.0648. The van der Waals surface area contributed by atoms with Gasteiger partial charge in [0.2, 0.25) is 5.78 Å². The minimum atomic E-state index is -0.810. The number of nitrogens with zero attached hydrogens (tertiary/aromatic N) is 1. The van der Waals surface area contributed by atoms with Crippen molar-refractivity contribution in [2.45, 2.75) is 26.5 Å². The number of thiazole rings is 1. The monoisotopic (exact) mass is 376 g/mol. The highest BCUT2D eigenvalue weighted by Crippen LogP contribution is 2.16. The first-order valence-corrected chi connectivity index (χ1v) is 8.85. The number of hydrogen-bond donors (Lipinski definition) is 1. The van der Waals surface area contributed by atoms with Gasteiger partial charge in [-0.1, -0.05) is 44.2 Å². The molecule has 0 bridgehead atoms. The Balaban J connectivity index is 2.01. The molecule has 1 unspecified atom stereocenters. The predicted octanol–water partition coefficient (Wildman–Crippen LogP) is 3.06.